The fourth-order valence-corrected chi connectivity index (χ4v) is 1.48. The van der Waals surface area contributed by atoms with Gasteiger partial charge in [0, 0.05) is 12.5 Å². The van der Waals surface area contributed by atoms with Gasteiger partial charge in [-0.25, -0.2) is 0 Å². The first-order valence-electron chi connectivity index (χ1n) is 3.56. The Morgan fingerprint density at radius 2 is 2.23 bits per heavy atom. The minimum Gasteiger partial charge on any atom is -0.426 e. The van der Waals surface area contributed by atoms with Crippen molar-refractivity contribution in [2.24, 2.45) is 0 Å². The van der Waals surface area contributed by atoms with E-state index in [4.69, 9.17) is 4.74 Å². The summed E-state index contributed by atoms with van der Waals surface area (Å²) in [5.74, 6) is 0.121. The van der Waals surface area contributed by atoms with Crippen LogP contribution in [0.3, 0.4) is 0 Å². The normalized spacial score (nSPS) is 9.38. The van der Waals surface area contributed by atoms with Crippen LogP contribution in [0.5, 0.6) is 5.75 Å². The lowest BCUT2D eigenvalue weighted by Gasteiger charge is -2.03. The van der Waals surface area contributed by atoms with Crippen LogP contribution in [0.25, 0.3) is 0 Å². The van der Waals surface area contributed by atoms with Crippen molar-refractivity contribution in [3.05, 3.63) is 27.3 Å². The van der Waals surface area contributed by atoms with Gasteiger partial charge in [-0.15, -0.1) is 0 Å². The zero-order valence-corrected chi connectivity index (χ0v) is 9.07. The van der Waals surface area contributed by atoms with Crippen molar-refractivity contribution in [2.75, 3.05) is 0 Å². The number of halogens is 1. The maximum Gasteiger partial charge on any atom is 0.308 e. The molecule has 0 saturated heterocycles. The van der Waals surface area contributed by atoms with Crippen LogP contribution in [0, 0.1) is 3.57 Å². The molecule has 68 valence electrons. The predicted octanol–water partition coefficient (Wildman–Crippen LogP) is 2.03. The molecule has 0 amide bonds. The molecule has 0 radical (unpaired) electrons. The molecule has 13 heavy (non-hydrogen) atoms. The van der Waals surface area contributed by atoms with E-state index in [1.165, 1.54) is 6.92 Å². The Bertz CT molecular complexity index is 347. The number of hydrogen-bond donors (Lipinski definition) is 0. The van der Waals surface area contributed by atoms with E-state index in [9.17, 15) is 9.59 Å². The predicted molar refractivity (Wildman–Crippen MR) is 55.9 cm³/mol. The van der Waals surface area contributed by atoms with Crippen LogP contribution in [-0.4, -0.2) is 12.3 Å². The fraction of sp³-hybridized carbons (Fsp3) is 0.111. The number of ether oxygens (including phenoxy) is 1. The standard InChI is InChI=1S/C9H7IO3/c1-6(12)13-9-3-2-7(5-11)4-8(9)10/h2-5H,1H3. The molecule has 1 rings (SSSR count). The van der Waals surface area contributed by atoms with E-state index in [0.29, 0.717) is 11.3 Å². The van der Waals surface area contributed by atoms with Crippen LogP contribution < -0.4 is 4.74 Å². The highest BCUT2D eigenvalue weighted by atomic mass is 127. The lowest BCUT2D eigenvalue weighted by atomic mass is 10.2. The molecular weight excluding hydrogens is 283 g/mol. The molecule has 0 aliphatic heterocycles. The quantitative estimate of drug-likeness (QED) is 0.362. The number of aldehydes is 1. The van der Waals surface area contributed by atoms with Crippen molar-refractivity contribution < 1.29 is 14.3 Å². The van der Waals surface area contributed by atoms with Crippen molar-refractivity contribution in [1.82, 2.24) is 0 Å². The smallest absolute Gasteiger partial charge is 0.308 e. The molecule has 1 aromatic carbocycles. The van der Waals surface area contributed by atoms with Crippen molar-refractivity contribution in [2.45, 2.75) is 6.92 Å². The first-order chi connectivity index (χ1) is 6.13. The summed E-state index contributed by atoms with van der Waals surface area (Å²) in [6.45, 7) is 1.34. The van der Waals surface area contributed by atoms with Crippen LogP contribution >= 0.6 is 22.6 Å². The van der Waals surface area contributed by atoms with Gasteiger partial charge in [0.1, 0.15) is 12.0 Å². The Kier molecular flexibility index (Phi) is 3.41. The van der Waals surface area contributed by atoms with E-state index < -0.39 is 0 Å². The number of rotatable bonds is 2. The summed E-state index contributed by atoms with van der Waals surface area (Å²) < 4.78 is 5.63. The highest BCUT2D eigenvalue weighted by Gasteiger charge is 2.03. The van der Waals surface area contributed by atoms with Crippen LogP contribution in [0.2, 0.25) is 0 Å². The molecule has 0 fully saturated rings. The second-order valence-corrected chi connectivity index (χ2v) is 3.56. The topological polar surface area (TPSA) is 43.4 Å². The van der Waals surface area contributed by atoms with Gasteiger partial charge >= 0.3 is 5.97 Å². The van der Waals surface area contributed by atoms with Crippen molar-refractivity contribution in [1.29, 1.82) is 0 Å². The molecule has 4 heteroatoms. The van der Waals surface area contributed by atoms with Crippen LogP contribution in [0.15, 0.2) is 18.2 Å². The third-order valence-electron chi connectivity index (χ3n) is 1.35. The highest BCUT2D eigenvalue weighted by molar-refractivity contribution is 14.1. The average molecular weight is 290 g/mol. The van der Waals surface area contributed by atoms with Crippen molar-refractivity contribution in [3.8, 4) is 5.75 Å². The zero-order chi connectivity index (χ0) is 9.84. The van der Waals surface area contributed by atoms with Gasteiger partial charge in [-0.2, -0.15) is 0 Å². The summed E-state index contributed by atoms with van der Waals surface area (Å²) in [6, 6.07) is 4.87. The summed E-state index contributed by atoms with van der Waals surface area (Å²) >= 11 is 2.01. The second kappa shape index (κ2) is 4.36. The highest BCUT2D eigenvalue weighted by Crippen LogP contribution is 2.21. The van der Waals surface area contributed by atoms with Gasteiger partial charge in [-0.05, 0) is 40.8 Å². The van der Waals surface area contributed by atoms with Crippen molar-refractivity contribution in [3.63, 3.8) is 0 Å². The van der Waals surface area contributed by atoms with Gasteiger partial charge in [0.05, 0.1) is 3.57 Å². The number of benzene rings is 1. The summed E-state index contributed by atoms with van der Waals surface area (Å²) in [5.41, 5.74) is 0.570. The maximum atomic E-state index is 10.6. The molecule has 0 heterocycles. The molecule has 0 saturated carbocycles. The molecule has 1 aromatic rings. The summed E-state index contributed by atoms with van der Waals surface area (Å²) in [5, 5.41) is 0. The first-order valence-corrected chi connectivity index (χ1v) is 4.64. The third-order valence-corrected chi connectivity index (χ3v) is 2.19. The fourth-order valence-electron chi connectivity index (χ4n) is 0.828. The van der Waals surface area contributed by atoms with E-state index in [1.807, 2.05) is 22.6 Å². The number of hydrogen-bond acceptors (Lipinski definition) is 3. The molecule has 3 nitrogen and oxygen atoms in total. The maximum absolute atomic E-state index is 10.6. The molecule has 0 aliphatic rings. The average Bonchev–Trinajstić information content (AvgIpc) is 2.08. The Hall–Kier alpha value is -0.910. The number of carbonyl (C=O) groups is 2. The monoisotopic (exact) mass is 290 g/mol. The van der Waals surface area contributed by atoms with E-state index >= 15 is 0 Å². The molecule has 0 bridgehead atoms. The Balaban J connectivity index is 2.98. The number of esters is 1. The number of carbonyl (C=O) groups excluding carboxylic acids is 2. The molecule has 0 atom stereocenters. The summed E-state index contributed by atoms with van der Waals surface area (Å²) in [6.07, 6.45) is 0.750. The second-order valence-electron chi connectivity index (χ2n) is 2.40. The van der Waals surface area contributed by atoms with Crippen LogP contribution in [0.1, 0.15) is 17.3 Å². The third kappa shape index (κ3) is 2.80. The molecular formula is C9H7IO3. The van der Waals surface area contributed by atoms with Gasteiger partial charge in [-0.3, -0.25) is 9.59 Å². The van der Waals surface area contributed by atoms with Gasteiger partial charge < -0.3 is 4.74 Å². The molecule has 0 spiro atoms. The van der Waals surface area contributed by atoms with Gasteiger partial charge in [0.2, 0.25) is 0 Å². The van der Waals surface area contributed by atoms with Gasteiger partial charge in [-0.1, -0.05) is 0 Å². The molecule has 0 unspecified atom stereocenters. The van der Waals surface area contributed by atoms with Crippen LogP contribution in [-0.2, 0) is 4.79 Å². The Labute approximate surface area is 89.2 Å². The lowest BCUT2D eigenvalue weighted by molar-refractivity contribution is -0.131. The molecule has 0 N–H and O–H groups in total. The van der Waals surface area contributed by atoms with E-state index in [2.05, 4.69) is 0 Å². The van der Waals surface area contributed by atoms with E-state index in [1.54, 1.807) is 18.2 Å². The van der Waals surface area contributed by atoms with Gasteiger partial charge in [0.15, 0.2) is 0 Å². The SMILES string of the molecule is CC(=O)Oc1ccc(C=O)cc1I. The van der Waals surface area contributed by atoms with Crippen LogP contribution in [0.4, 0.5) is 0 Å². The minimum absolute atomic E-state index is 0.364. The first kappa shape index (κ1) is 10.2. The Morgan fingerprint density at radius 3 is 2.69 bits per heavy atom. The lowest BCUT2D eigenvalue weighted by Crippen LogP contribution is -2.02. The summed E-state index contributed by atoms with van der Waals surface area (Å²) in [4.78, 5) is 21.0. The van der Waals surface area contributed by atoms with E-state index in [0.717, 1.165) is 9.86 Å². The zero-order valence-electron chi connectivity index (χ0n) is 6.91. The van der Waals surface area contributed by atoms with E-state index in [-0.39, 0.29) is 5.97 Å². The Morgan fingerprint density at radius 1 is 1.54 bits per heavy atom. The minimum atomic E-state index is -0.364. The molecule has 0 aliphatic carbocycles. The van der Waals surface area contributed by atoms with Crippen molar-refractivity contribution >= 4 is 34.8 Å². The largest absolute Gasteiger partial charge is 0.426 e. The van der Waals surface area contributed by atoms with Gasteiger partial charge in [0.25, 0.3) is 0 Å². The molecule has 0 aromatic heterocycles. The summed E-state index contributed by atoms with van der Waals surface area (Å²) in [7, 11) is 0.